The quantitative estimate of drug-likeness (QED) is 0.0439. The predicted molar refractivity (Wildman–Crippen MR) is 201 cm³/mol. The minimum atomic E-state index is -0.519. The molecule has 0 aliphatic carbocycles. The molecular weight excluding hydrogens is 722 g/mol. The topological polar surface area (TPSA) is 146 Å². The van der Waals surface area contributed by atoms with E-state index in [0.29, 0.717) is 72.1 Å². The fourth-order valence-corrected chi connectivity index (χ4v) is 5.00. The maximum atomic E-state index is 12.8. The normalized spacial score (nSPS) is 16.5. The molecule has 1 aromatic heterocycles. The molecule has 0 radical (unpaired) electrons. The number of hydrogen-bond donors (Lipinski definition) is 0. The van der Waals surface area contributed by atoms with Crippen molar-refractivity contribution in [3.8, 4) is 46.3 Å². The van der Waals surface area contributed by atoms with Crippen molar-refractivity contribution in [1.29, 1.82) is 0 Å². The zero-order valence-corrected chi connectivity index (χ0v) is 30.9. The highest BCUT2D eigenvalue weighted by Gasteiger charge is 2.24. The van der Waals surface area contributed by atoms with Crippen molar-refractivity contribution in [2.45, 2.75) is 38.3 Å². The Kier molecular flexibility index (Phi) is 12.7. The van der Waals surface area contributed by atoms with Gasteiger partial charge in [-0.3, -0.25) is 0 Å². The number of carbonyl (C=O) groups is 2. The van der Waals surface area contributed by atoms with E-state index in [-0.39, 0.29) is 36.2 Å². The summed E-state index contributed by atoms with van der Waals surface area (Å²) in [7, 11) is 0. The molecule has 4 atom stereocenters. The first-order valence-electron chi connectivity index (χ1n) is 18.2. The summed E-state index contributed by atoms with van der Waals surface area (Å²) in [4.78, 5) is 30.0. The van der Waals surface area contributed by atoms with Crippen LogP contribution in [-0.2, 0) is 18.9 Å². The standard InChI is InChI=1S/C43H41NO12/c1-28(47-24-38-26-51-38)22-49-32-14-18-36(19-15-32)55-42(45)30-6-10-34(11-7-30)53-40-4-3-5-41(44-40)54-35-12-8-31(9-13-35)43(46)56-37-20-16-33(17-21-37)50-23-29(2)48-25-39-27-52-39/h3-21,28-29,38-39H,22-27H2,1-2H3. The molecule has 290 valence electrons. The number of benzene rings is 4. The number of aromatic nitrogens is 1. The fraction of sp³-hybridized carbons (Fsp3) is 0.279. The molecule has 2 saturated heterocycles. The second-order valence-electron chi connectivity index (χ2n) is 13.1. The maximum Gasteiger partial charge on any atom is 0.343 e. The van der Waals surface area contributed by atoms with Crippen LogP contribution < -0.4 is 28.4 Å². The lowest BCUT2D eigenvalue weighted by Crippen LogP contribution is -2.20. The third kappa shape index (κ3) is 12.0. The van der Waals surface area contributed by atoms with Gasteiger partial charge in [0.25, 0.3) is 0 Å². The second kappa shape index (κ2) is 18.6. The van der Waals surface area contributed by atoms with Crippen molar-refractivity contribution in [3.05, 3.63) is 126 Å². The number of carbonyl (C=O) groups excluding carboxylic acids is 2. The number of epoxide rings is 2. The molecule has 0 saturated carbocycles. The largest absolute Gasteiger partial charge is 0.491 e. The Balaban J connectivity index is 0.838. The van der Waals surface area contributed by atoms with Gasteiger partial charge in [-0.05, 0) is 111 Å². The molecule has 56 heavy (non-hydrogen) atoms. The first-order valence-corrected chi connectivity index (χ1v) is 18.2. The van der Waals surface area contributed by atoms with Crippen LogP contribution in [-0.4, -0.2) is 81.0 Å². The molecule has 0 amide bonds. The third-order valence-corrected chi connectivity index (χ3v) is 8.30. The third-order valence-electron chi connectivity index (χ3n) is 8.30. The first kappa shape index (κ1) is 38.3. The molecule has 0 bridgehead atoms. The van der Waals surface area contributed by atoms with Crippen molar-refractivity contribution >= 4 is 11.9 Å². The van der Waals surface area contributed by atoms with Crippen molar-refractivity contribution < 1.29 is 57.0 Å². The van der Waals surface area contributed by atoms with Crippen LogP contribution in [0.25, 0.3) is 0 Å². The van der Waals surface area contributed by atoms with Gasteiger partial charge in [0.1, 0.15) is 59.9 Å². The van der Waals surface area contributed by atoms with E-state index in [4.69, 9.17) is 47.4 Å². The fourth-order valence-electron chi connectivity index (χ4n) is 5.00. The van der Waals surface area contributed by atoms with E-state index in [2.05, 4.69) is 4.98 Å². The predicted octanol–water partition coefficient (Wildman–Crippen LogP) is 7.47. The van der Waals surface area contributed by atoms with Gasteiger partial charge in [-0.15, -0.1) is 0 Å². The molecular formula is C43H41NO12. The molecule has 0 spiro atoms. The van der Waals surface area contributed by atoms with E-state index in [1.807, 2.05) is 13.8 Å². The number of hydrogen-bond acceptors (Lipinski definition) is 13. The Morgan fingerprint density at radius 1 is 0.554 bits per heavy atom. The van der Waals surface area contributed by atoms with Crippen molar-refractivity contribution in [3.63, 3.8) is 0 Å². The highest BCUT2D eigenvalue weighted by atomic mass is 16.6. The van der Waals surface area contributed by atoms with Gasteiger partial charge in [0.05, 0.1) is 49.8 Å². The van der Waals surface area contributed by atoms with Gasteiger partial charge >= 0.3 is 11.9 Å². The number of esters is 2. The summed E-state index contributed by atoms with van der Waals surface area (Å²) in [6.45, 7) is 7.29. The van der Waals surface area contributed by atoms with Gasteiger partial charge in [-0.1, -0.05) is 6.07 Å². The molecule has 13 heteroatoms. The first-order chi connectivity index (χ1) is 27.3. The average Bonchev–Trinajstić information content (AvgIpc) is 4.16. The van der Waals surface area contributed by atoms with Crippen molar-refractivity contribution in [2.24, 2.45) is 0 Å². The van der Waals surface area contributed by atoms with E-state index in [1.165, 1.54) is 0 Å². The molecule has 4 unspecified atom stereocenters. The van der Waals surface area contributed by atoms with Crippen LogP contribution in [0.1, 0.15) is 34.6 Å². The lowest BCUT2D eigenvalue weighted by molar-refractivity contribution is 0.0241. The molecule has 4 aromatic carbocycles. The van der Waals surface area contributed by atoms with Crippen LogP contribution in [0.5, 0.6) is 46.3 Å². The highest BCUT2D eigenvalue weighted by Crippen LogP contribution is 2.27. The summed E-state index contributed by atoms with van der Waals surface area (Å²) < 4.78 is 56.0. The van der Waals surface area contributed by atoms with Gasteiger partial charge < -0.3 is 47.4 Å². The average molecular weight is 764 g/mol. The SMILES string of the molecule is CC(COc1ccc(OC(=O)c2ccc(Oc3cccc(Oc4ccc(C(=O)Oc5ccc(OCC(C)OCC6CO6)cc5)cc4)n3)cc2)cc1)OCC1CO1. The Morgan fingerprint density at radius 3 is 1.29 bits per heavy atom. The molecule has 13 nitrogen and oxygen atoms in total. The van der Waals surface area contributed by atoms with Gasteiger partial charge in [0.15, 0.2) is 0 Å². The van der Waals surface area contributed by atoms with E-state index >= 15 is 0 Å². The van der Waals surface area contributed by atoms with E-state index in [9.17, 15) is 9.59 Å². The number of rotatable bonds is 20. The van der Waals surface area contributed by atoms with Gasteiger partial charge in [-0.25, -0.2) is 9.59 Å². The lowest BCUT2D eigenvalue weighted by atomic mass is 10.2. The molecule has 7 rings (SSSR count). The van der Waals surface area contributed by atoms with Crippen LogP contribution in [0.3, 0.4) is 0 Å². The molecule has 0 N–H and O–H groups in total. The van der Waals surface area contributed by atoms with Crippen LogP contribution in [0.15, 0.2) is 115 Å². The van der Waals surface area contributed by atoms with E-state index in [0.717, 1.165) is 13.2 Å². The summed E-state index contributed by atoms with van der Waals surface area (Å²) in [5.74, 6) is 2.48. The molecule has 2 fully saturated rings. The minimum absolute atomic E-state index is 0.0759. The number of nitrogens with zero attached hydrogens (tertiary/aromatic N) is 1. The number of pyridine rings is 1. The summed E-state index contributed by atoms with van der Waals surface area (Å²) >= 11 is 0. The Morgan fingerprint density at radius 2 is 0.911 bits per heavy atom. The molecule has 2 aliphatic heterocycles. The van der Waals surface area contributed by atoms with Crippen LogP contribution in [0.2, 0.25) is 0 Å². The van der Waals surface area contributed by atoms with Crippen LogP contribution in [0, 0.1) is 0 Å². The maximum absolute atomic E-state index is 12.8. The van der Waals surface area contributed by atoms with Gasteiger partial charge in [-0.2, -0.15) is 4.98 Å². The molecule has 2 aliphatic rings. The molecule has 5 aromatic rings. The zero-order valence-electron chi connectivity index (χ0n) is 30.9. The lowest BCUT2D eigenvalue weighted by Gasteiger charge is -2.14. The van der Waals surface area contributed by atoms with E-state index in [1.54, 1.807) is 115 Å². The smallest absolute Gasteiger partial charge is 0.343 e. The summed E-state index contributed by atoms with van der Waals surface area (Å²) in [5, 5.41) is 0. The monoisotopic (exact) mass is 763 g/mol. The molecule has 3 heterocycles. The second-order valence-corrected chi connectivity index (χ2v) is 13.1. The number of ether oxygens (including phenoxy) is 10. The highest BCUT2D eigenvalue weighted by molar-refractivity contribution is 5.91. The summed E-state index contributed by atoms with van der Waals surface area (Å²) in [6, 6.07) is 31.7. The Labute approximate surface area is 323 Å². The minimum Gasteiger partial charge on any atom is -0.491 e. The van der Waals surface area contributed by atoms with Crippen LogP contribution >= 0.6 is 0 Å². The Bertz CT molecular complexity index is 1890. The van der Waals surface area contributed by atoms with Gasteiger partial charge in [0.2, 0.25) is 11.8 Å². The Hall–Kier alpha value is -5.99. The van der Waals surface area contributed by atoms with E-state index < -0.39 is 11.9 Å². The van der Waals surface area contributed by atoms with Crippen molar-refractivity contribution in [2.75, 3.05) is 39.6 Å². The van der Waals surface area contributed by atoms with Gasteiger partial charge in [0, 0.05) is 12.1 Å². The summed E-state index contributed by atoms with van der Waals surface area (Å²) in [5.41, 5.74) is 0.686. The van der Waals surface area contributed by atoms with Crippen LogP contribution in [0.4, 0.5) is 0 Å². The van der Waals surface area contributed by atoms with Crippen molar-refractivity contribution in [1.82, 2.24) is 4.98 Å². The zero-order chi connectivity index (χ0) is 38.7. The summed E-state index contributed by atoms with van der Waals surface area (Å²) in [6.07, 6.45) is 0.259.